The van der Waals surface area contributed by atoms with Gasteiger partial charge in [0.1, 0.15) is 5.75 Å². The Bertz CT molecular complexity index is 798. The van der Waals surface area contributed by atoms with Gasteiger partial charge in [0.15, 0.2) is 5.76 Å². The second kappa shape index (κ2) is 6.86. The van der Waals surface area contributed by atoms with E-state index in [9.17, 15) is 9.59 Å². The number of likely N-dealkylation sites (tertiary alicyclic amines) is 1. The van der Waals surface area contributed by atoms with Crippen LogP contribution in [0.1, 0.15) is 34.9 Å². The molecule has 1 aromatic heterocycles. The van der Waals surface area contributed by atoms with E-state index >= 15 is 0 Å². The molecule has 6 nitrogen and oxygen atoms in total. The molecule has 1 N–H and O–H groups in total. The molecule has 0 spiro atoms. The Labute approximate surface area is 152 Å². The molecule has 2 atom stereocenters. The normalized spacial score (nSPS) is 22.3. The number of para-hydroxylation sites is 1. The van der Waals surface area contributed by atoms with Gasteiger partial charge in [0.25, 0.3) is 5.91 Å². The predicted molar refractivity (Wildman–Crippen MR) is 95.0 cm³/mol. The van der Waals surface area contributed by atoms with E-state index in [-0.39, 0.29) is 29.7 Å². The van der Waals surface area contributed by atoms with Crippen molar-refractivity contribution in [2.24, 2.45) is 5.92 Å². The molecule has 0 bridgehead atoms. The highest BCUT2D eigenvalue weighted by Gasteiger charge is 2.43. The van der Waals surface area contributed by atoms with Crippen molar-refractivity contribution in [3.63, 3.8) is 0 Å². The number of carbonyl (C=O) groups is 2. The monoisotopic (exact) mass is 354 g/mol. The number of amides is 2. The zero-order valence-electron chi connectivity index (χ0n) is 14.7. The lowest BCUT2D eigenvalue weighted by atomic mass is 9.87. The van der Waals surface area contributed by atoms with Crippen LogP contribution in [0, 0.1) is 5.92 Å². The van der Waals surface area contributed by atoms with Crippen molar-refractivity contribution in [1.82, 2.24) is 10.2 Å². The first kappa shape index (κ1) is 16.7. The van der Waals surface area contributed by atoms with Crippen molar-refractivity contribution in [3.05, 3.63) is 54.0 Å². The number of hydrogen-bond donors (Lipinski definition) is 1. The summed E-state index contributed by atoms with van der Waals surface area (Å²) in [6.07, 6.45) is 3.55. The van der Waals surface area contributed by atoms with Crippen molar-refractivity contribution in [3.8, 4) is 5.75 Å². The van der Waals surface area contributed by atoms with Crippen LogP contribution in [0.5, 0.6) is 5.75 Å². The standard InChI is InChI=1S/C20H22N2O4/c1-25-17-6-3-2-5-14(17)15-11-22(20(24)18-7-4-10-26-18)12-16(15)19(23)21-13-8-9-13/h2-7,10,13,15-16H,8-9,11-12H2,1H3,(H,21,23)/t15-,16-/m1/s1. The van der Waals surface area contributed by atoms with Crippen LogP contribution in [0.15, 0.2) is 47.1 Å². The van der Waals surface area contributed by atoms with E-state index in [2.05, 4.69) is 5.32 Å². The van der Waals surface area contributed by atoms with Gasteiger partial charge in [0.05, 0.1) is 19.3 Å². The first-order valence-corrected chi connectivity index (χ1v) is 8.93. The van der Waals surface area contributed by atoms with Gasteiger partial charge >= 0.3 is 0 Å². The van der Waals surface area contributed by atoms with E-state index in [1.807, 2.05) is 24.3 Å². The lowest BCUT2D eigenvalue weighted by molar-refractivity contribution is -0.125. The number of rotatable bonds is 5. The minimum absolute atomic E-state index is 0.0122. The van der Waals surface area contributed by atoms with E-state index in [1.54, 1.807) is 24.1 Å². The third kappa shape index (κ3) is 3.19. The average molecular weight is 354 g/mol. The maximum absolute atomic E-state index is 12.8. The van der Waals surface area contributed by atoms with Crippen LogP contribution in [0.3, 0.4) is 0 Å². The summed E-state index contributed by atoms with van der Waals surface area (Å²) in [5.74, 6) is 0.463. The van der Waals surface area contributed by atoms with Gasteiger partial charge in [-0.2, -0.15) is 0 Å². The first-order valence-electron chi connectivity index (χ1n) is 8.93. The van der Waals surface area contributed by atoms with E-state index in [0.29, 0.717) is 18.8 Å². The van der Waals surface area contributed by atoms with Crippen LogP contribution in [0.4, 0.5) is 0 Å². The molecule has 2 aliphatic rings. The zero-order chi connectivity index (χ0) is 18.1. The molecule has 1 aliphatic carbocycles. The van der Waals surface area contributed by atoms with Gasteiger partial charge in [-0.3, -0.25) is 9.59 Å². The summed E-state index contributed by atoms with van der Waals surface area (Å²) in [6.45, 7) is 0.837. The van der Waals surface area contributed by atoms with Gasteiger partial charge in [-0.15, -0.1) is 0 Å². The molecule has 6 heteroatoms. The van der Waals surface area contributed by atoms with Crippen molar-refractivity contribution in [2.75, 3.05) is 20.2 Å². The van der Waals surface area contributed by atoms with Gasteiger partial charge in [-0.1, -0.05) is 18.2 Å². The molecule has 1 aliphatic heterocycles. The first-order chi connectivity index (χ1) is 12.7. The second-order valence-corrected chi connectivity index (χ2v) is 6.93. The highest BCUT2D eigenvalue weighted by Crippen LogP contribution is 2.38. The summed E-state index contributed by atoms with van der Waals surface area (Å²) in [7, 11) is 1.62. The van der Waals surface area contributed by atoms with Gasteiger partial charge in [0.2, 0.25) is 5.91 Å². The van der Waals surface area contributed by atoms with Crippen LogP contribution in [0.25, 0.3) is 0 Å². The molecule has 2 aromatic rings. The van der Waals surface area contributed by atoms with Crippen molar-refractivity contribution in [2.45, 2.75) is 24.8 Å². The topological polar surface area (TPSA) is 71.8 Å². The van der Waals surface area contributed by atoms with E-state index in [4.69, 9.17) is 9.15 Å². The highest BCUT2D eigenvalue weighted by atomic mass is 16.5. The predicted octanol–water partition coefficient (Wildman–Crippen LogP) is 2.42. The third-order valence-corrected chi connectivity index (χ3v) is 5.14. The molecular weight excluding hydrogens is 332 g/mol. The molecule has 2 heterocycles. The van der Waals surface area contributed by atoms with Gasteiger partial charge in [-0.05, 0) is 36.6 Å². The molecule has 4 rings (SSSR count). The minimum atomic E-state index is -0.300. The molecule has 1 saturated heterocycles. The molecule has 0 radical (unpaired) electrons. The number of carbonyl (C=O) groups excluding carboxylic acids is 2. The fraction of sp³-hybridized carbons (Fsp3) is 0.400. The number of methoxy groups -OCH3 is 1. The number of benzene rings is 1. The molecule has 26 heavy (non-hydrogen) atoms. The molecule has 2 fully saturated rings. The van der Waals surface area contributed by atoms with E-state index in [1.165, 1.54) is 6.26 Å². The van der Waals surface area contributed by atoms with E-state index < -0.39 is 0 Å². The lowest BCUT2D eigenvalue weighted by Gasteiger charge is -2.20. The summed E-state index contributed by atoms with van der Waals surface area (Å²) in [4.78, 5) is 27.2. The van der Waals surface area contributed by atoms with Crippen LogP contribution >= 0.6 is 0 Å². The van der Waals surface area contributed by atoms with E-state index in [0.717, 1.165) is 24.2 Å². The summed E-state index contributed by atoms with van der Waals surface area (Å²) in [6, 6.07) is 11.3. The maximum Gasteiger partial charge on any atom is 0.289 e. The summed E-state index contributed by atoms with van der Waals surface area (Å²) >= 11 is 0. The van der Waals surface area contributed by atoms with Gasteiger partial charge in [-0.25, -0.2) is 0 Å². The van der Waals surface area contributed by atoms with Crippen molar-refractivity contribution >= 4 is 11.8 Å². The average Bonchev–Trinajstić information content (AvgIpc) is 3.16. The van der Waals surface area contributed by atoms with Crippen molar-refractivity contribution < 1.29 is 18.7 Å². The number of furan rings is 1. The summed E-state index contributed by atoms with van der Waals surface area (Å²) < 4.78 is 10.7. The smallest absolute Gasteiger partial charge is 0.289 e. The van der Waals surface area contributed by atoms with Crippen LogP contribution < -0.4 is 10.1 Å². The van der Waals surface area contributed by atoms with Gasteiger partial charge in [0, 0.05) is 25.0 Å². The Morgan fingerprint density at radius 3 is 2.65 bits per heavy atom. The zero-order valence-corrected chi connectivity index (χ0v) is 14.7. The molecule has 1 saturated carbocycles. The molecule has 1 aromatic carbocycles. The second-order valence-electron chi connectivity index (χ2n) is 6.93. The quantitative estimate of drug-likeness (QED) is 0.895. The van der Waals surface area contributed by atoms with Crippen LogP contribution in [-0.4, -0.2) is 43.0 Å². The largest absolute Gasteiger partial charge is 0.496 e. The minimum Gasteiger partial charge on any atom is -0.496 e. The SMILES string of the molecule is COc1ccccc1[C@H]1CN(C(=O)c2ccco2)C[C@H]1C(=O)NC1CC1. The van der Waals surface area contributed by atoms with Crippen LogP contribution in [0.2, 0.25) is 0 Å². The number of nitrogens with zero attached hydrogens (tertiary/aromatic N) is 1. The lowest BCUT2D eigenvalue weighted by Crippen LogP contribution is -2.36. The highest BCUT2D eigenvalue weighted by molar-refractivity contribution is 5.93. The summed E-state index contributed by atoms with van der Waals surface area (Å²) in [5.41, 5.74) is 0.959. The Morgan fingerprint density at radius 1 is 1.15 bits per heavy atom. The molecule has 136 valence electrons. The van der Waals surface area contributed by atoms with Crippen LogP contribution in [-0.2, 0) is 4.79 Å². The maximum atomic E-state index is 12.8. The number of nitrogens with one attached hydrogen (secondary N) is 1. The number of hydrogen-bond acceptors (Lipinski definition) is 4. The Morgan fingerprint density at radius 2 is 1.96 bits per heavy atom. The Hall–Kier alpha value is -2.76. The molecule has 2 amide bonds. The summed E-state index contributed by atoms with van der Waals surface area (Å²) in [5, 5.41) is 3.09. The molecular formula is C20H22N2O4. The fourth-order valence-electron chi connectivity index (χ4n) is 3.62. The fourth-order valence-corrected chi connectivity index (χ4v) is 3.62. The Kier molecular flexibility index (Phi) is 4.41. The molecule has 0 unspecified atom stereocenters. The number of ether oxygens (including phenoxy) is 1. The van der Waals surface area contributed by atoms with Gasteiger partial charge < -0.3 is 19.4 Å². The Balaban J connectivity index is 1.62. The third-order valence-electron chi connectivity index (χ3n) is 5.14. The van der Waals surface area contributed by atoms with Crippen molar-refractivity contribution in [1.29, 1.82) is 0 Å².